The highest BCUT2D eigenvalue weighted by molar-refractivity contribution is 6.30. The zero-order chi connectivity index (χ0) is 17.1. The first kappa shape index (κ1) is 15.7. The van der Waals surface area contributed by atoms with E-state index in [9.17, 15) is 4.79 Å². The Balaban J connectivity index is 1.94. The molecule has 0 radical (unpaired) electrons. The maximum atomic E-state index is 11.9. The third-order valence-corrected chi connectivity index (χ3v) is 3.39. The molecule has 0 saturated heterocycles. The summed E-state index contributed by atoms with van der Waals surface area (Å²) in [7, 11) is 1.25. The fraction of sp³-hybridized carbons (Fsp3) is 0.154. The number of hydrogen-bond acceptors (Lipinski definition) is 9. The first-order valence-electron chi connectivity index (χ1n) is 6.71. The van der Waals surface area contributed by atoms with Crippen molar-refractivity contribution in [3.63, 3.8) is 0 Å². The van der Waals surface area contributed by atoms with E-state index in [2.05, 4.69) is 30.6 Å². The molecular formula is C13H12ClN7O3. The lowest BCUT2D eigenvalue weighted by atomic mass is 10.2. The molecule has 0 bridgehead atoms. The van der Waals surface area contributed by atoms with Crippen molar-refractivity contribution in [1.82, 2.24) is 25.3 Å². The predicted molar refractivity (Wildman–Crippen MR) is 83.7 cm³/mol. The summed E-state index contributed by atoms with van der Waals surface area (Å²) in [5, 5.41) is 18.6. The van der Waals surface area contributed by atoms with Gasteiger partial charge in [-0.25, -0.2) is 9.42 Å². The van der Waals surface area contributed by atoms with Crippen LogP contribution >= 0.6 is 11.6 Å². The van der Waals surface area contributed by atoms with Gasteiger partial charge in [0.15, 0.2) is 5.69 Å². The van der Waals surface area contributed by atoms with Crippen LogP contribution in [0.5, 0.6) is 0 Å². The number of carbonyl (C=O) groups excluding carboxylic acids is 1. The van der Waals surface area contributed by atoms with Crippen LogP contribution in [0.3, 0.4) is 0 Å². The number of benzene rings is 1. The molecule has 2 aromatic heterocycles. The number of rotatable bonds is 5. The van der Waals surface area contributed by atoms with Crippen LogP contribution in [0, 0.1) is 0 Å². The van der Waals surface area contributed by atoms with Crippen LogP contribution < -0.4 is 11.1 Å². The Morgan fingerprint density at radius 3 is 2.75 bits per heavy atom. The van der Waals surface area contributed by atoms with Crippen LogP contribution in [-0.2, 0) is 11.3 Å². The number of nitrogens with one attached hydrogen (secondary N) is 1. The topological polar surface area (TPSA) is 134 Å². The summed E-state index contributed by atoms with van der Waals surface area (Å²) in [6.07, 6.45) is 0. The van der Waals surface area contributed by atoms with Gasteiger partial charge < -0.3 is 15.8 Å². The van der Waals surface area contributed by atoms with E-state index in [1.807, 2.05) is 0 Å². The number of halogens is 1. The van der Waals surface area contributed by atoms with Gasteiger partial charge in [-0.2, -0.15) is 4.68 Å². The lowest BCUT2D eigenvalue weighted by Crippen LogP contribution is -2.13. The maximum Gasteiger partial charge on any atom is 0.360 e. The molecule has 0 amide bonds. The van der Waals surface area contributed by atoms with Crippen LogP contribution in [-0.4, -0.2) is 38.4 Å². The summed E-state index contributed by atoms with van der Waals surface area (Å²) in [6.45, 7) is 0.200. The van der Waals surface area contributed by atoms with E-state index < -0.39 is 5.97 Å². The Bertz CT molecular complexity index is 859. The molecule has 3 aromatic rings. The number of nitrogens with two attached hydrogens (primary N) is 1. The molecule has 0 aliphatic rings. The van der Waals surface area contributed by atoms with Crippen LogP contribution in [0.4, 0.5) is 11.5 Å². The van der Waals surface area contributed by atoms with Crippen molar-refractivity contribution in [2.75, 3.05) is 18.2 Å². The Hall–Kier alpha value is -3.14. The molecule has 11 heteroatoms. The van der Waals surface area contributed by atoms with Crippen LogP contribution in [0.25, 0.3) is 5.82 Å². The summed E-state index contributed by atoms with van der Waals surface area (Å²) in [5.74, 6) is -0.487. The highest BCUT2D eigenvalue weighted by atomic mass is 35.5. The highest BCUT2D eigenvalue weighted by Gasteiger charge is 2.24. The number of ether oxygens (including phenoxy) is 1. The quantitative estimate of drug-likeness (QED) is 0.653. The van der Waals surface area contributed by atoms with Gasteiger partial charge in [0.25, 0.3) is 0 Å². The second-order valence-corrected chi connectivity index (χ2v) is 5.06. The molecule has 24 heavy (non-hydrogen) atoms. The van der Waals surface area contributed by atoms with Crippen molar-refractivity contribution in [3.05, 3.63) is 40.7 Å². The Morgan fingerprint density at radius 2 is 2.12 bits per heavy atom. The van der Waals surface area contributed by atoms with Crippen molar-refractivity contribution in [1.29, 1.82) is 0 Å². The predicted octanol–water partition coefficient (Wildman–Crippen LogP) is 1.28. The fourth-order valence-electron chi connectivity index (χ4n) is 1.98. The lowest BCUT2D eigenvalue weighted by Gasteiger charge is -2.08. The van der Waals surface area contributed by atoms with E-state index >= 15 is 0 Å². The largest absolute Gasteiger partial charge is 0.464 e. The lowest BCUT2D eigenvalue weighted by molar-refractivity contribution is 0.0592. The van der Waals surface area contributed by atoms with Gasteiger partial charge in [-0.15, -0.1) is 5.10 Å². The summed E-state index contributed by atoms with van der Waals surface area (Å²) in [5.41, 5.74) is 6.88. The molecule has 0 spiro atoms. The summed E-state index contributed by atoms with van der Waals surface area (Å²) < 4.78 is 10.5. The second kappa shape index (κ2) is 6.54. The fourth-order valence-corrected chi connectivity index (χ4v) is 2.10. The average Bonchev–Trinajstić information content (AvgIpc) is 3.19. The molecule has 10 nitrogen and oxygen atoms in total. The summed E-state index contributed by atoms with van der Waals surface area (Å²) >= 11 is 5.85. The molecule has 0 aliphatic carbocycles. The van der Waals surface area contributed by atoms with Gasteiger partial charge in [-0.05, 0) is 34.6 Å². The number of aromatic nitrogens is 5. The van der Waals surface area contributed by atoms with Crippen LogP contribution in [0.1, 0.15) is 16.2 Å². The van der Waals surface area contributed by atoms with Gasteiger partial charge in [-0.3, -0.25) is 0 Å². The van der Waals surface area contributed by atoms with Crippen LogP contribution in [0.15, 0.2) is 28.9 Å². The molecule has 3 rings (SSSR count). The van der Waals surface area contributed by atoms with Gasteiger partial charge >= 0.3 is 5.97 Å². The molecule has 3 N–H and O–H groups in total. The van der Waals surface area contributed by atoms with Crippen molar-refractivity contribution in [3.8, 4) is 5.82 Å². The summed E-state index contributed by atoms with van der Waals surface area (Å²) in [4.78, 5) is 11.9. The number of nitrogens with zero attached hydrogens (tertiary/aromatic N) is 5. The van der Waals surface area contributed by atoms with E-state index in [4.69, 9.17) is 22.1 Å². The van der Waals surface area contributed by atoms with Crippen molar-refractivity contribution >= 4 is 29.1 Å². The smallest absolute Gasteiger partial charge is 0.360 e. The standard InChI is InChI=1S/C13H12ClN7O3/c1-23-13(22)10-9(6-16-8-4-2-7(14)3-5-8)21(20-17-10)12-11(15)18-24-19-12/h2-5,16H,6H2,1H3,(H2,15,18). The van der Waals surface area contributed by atoms with E-state index in [-0.39, 0.29) is 23.9 Å². The van der Waals surface area contributed by atoms with Gasteiger partial charge in [-0.1, -0.05) is 16.8 Å². The normalized spacial score (nSPS) is 10.6. The second-order valence-electron chi connectivity index (χ2n) is 4.62. The van der Waals surface area contributed by atoms with E-state index in [1.165, 1.54) is 11.8 Å². The van der Waals surface area contributed by atoms with Crippen molar-refractivity contribution in [2.45, 2.75) is 6.54 Å². The number of nitrogen functional groups attached to an aromatic ring is 1. The number of hydrogen-bond donors (Lipinski definition) is 2. The first-order chi connectivity index (χ1) is 11.6. The molecule has 0 unspecified atom stereocenters. The number of methoxy groups -OCH3 is 1. The molecule has 0 aliphatic heterocycles. The zero-order valence-corrected chi connectivity index (χ0v) is 13.2. The SMILES string of the molecule is COC(=O)c1nnn(-c2nonc2N)c1CNc1ccc(Cl)cc1. The zero-order valence-electron chi connectivity index (χ0n) is 12.4. The highest BCUT2D eigenvalue weighted by Crippen LogP contribution is 2.19. The molecule has 124 valence electrons. The van der Waals surface area contributed by atoms with E-state index in [1.54, 1.807) is 24.3 Å². The van der Waals surface area contributed by atoms with Crippen molar-refractivity contribution in [2.24, 2.45) is 0 Å². The monoisotopic (exact) mass is 349 g/mol. The molecule has 0 atom stereocenters. The third-order valence-electron chi connectivity index (χ3n) is 3.14. The third kappa shape index (κ3) is 2.99. The average molecular weight is 350 g/mol. The Morgan fingerprint density at radius 1 is 1.38 bits per heavy atom. The van der Waals surface area contributed by atoms with Gasteiger partial charge in [0.1, 0.15) is 5.69 Å². The molecule has 0 saturated carbocycles. The minimum atomic E-state index is -0.635. The number of anilines is 2. The minimum Gasteiger partial charge on any atom is -0.464 e. The maximum absolute atomic E-state index is 11.9. The Labute approximate surface area is 140 Å². The van der Waals surface area contributed by atoms with Gasteiger partial charge in [0.2, 0.25) is 11.6 Å². The molecule has 1 aromatic carbocycles. The van der Waals surface area contributed by atoms with Gasteiger partial charge in [0.05, 0.1) is 13.7 Å². The summed E-state index contributed by atoms with van der Waals surface area (Å²) in [6, 6.07) is 7.06. The number of esters is 1. The van der Waals surface area contributed by atoms with Crippen molar-refractivity contribution < 1.29 is 14.2 Å². The molecule has 0 fully saturated rings. The van der Waals surface area contributed by atoms with Crippen LogP contribution in [0.2, 0.25) is 5.02 Å². The first-order valence-corrected chi connectivity index (χ1v) is 7.08. The molecule has 2 heterocycles. The molecular weight excluding hydrogens is 338 g/mol. The van der Waals surface area contributed by atoms with E-state index in [0.29, 0.717) is 10.7 Å². The number of carbonyl (C=O) groups is 1. The Kier molecular flexibility index (Phi) is 4.29. The minimum absolute atomic E-state index is 0.0176. The van der Waals surface area contributed by atoms with Gasteiger partial charge in [0, 0.05) is 10.7 Å². The van der Waals surface area contributed by atoms with E-state index in [0.717, 1.165) is 5.69 Å².